The summed E-state index contributed by atoms with van der Waals surface area (Å²) in [7, 11) is 1.72. The van der Waals surface area contributed by atoms with Crippen molar-refractivity contribution in [3.05, 3.63) is 35.4 Å². The van der Waals surface area contributed by atoms with E-state index in [1.54, 1.807) is 7.11 Å². The first-order valence-electron chi connectivity index (χ1n) is 6.27. The second kappa shape index (κ2) is 6.74. The summed E-state index contributed by atoms with van der Waals surface area (Å²) in [5.41, 5.74) is 2.45. The molecule has 0 aromatic heterocycles. The van der Waals surface area contributed by atoms with Gasteiger partial charge in [-0.2, -0.15) is 0 Å². The highest BCUT2D eigenvalue weighted by atomic mass is 16.5. The van der Waals surface area contributed by atoms with Gasteiger partial charge in [0.2, 0.25) is 0 Å². The first kappa shape index (κ1) is 12.6. The molecule has 1 saturated heterocycles. The first-order chi connectivity index (χ1) is 8.38. The van der Waals surface area contributed by atoms with Crippen LogP contribution in [-0.4, -0.2) is 26.3 Å². The van der Waals surface area contributed by atoms with Gasteiger partial charge in [-0.15, -0.1) is 0 Å². The fourth-order valence-corrected chi connectivity index (χ4v) is 2.07. The highest BCUT2D eigenvalue weighted by Gasteiger charge is 2.12. The van der Waals surface area contributed by atoms with E-state index in [1.807, 2.05) is 0 Å². The second-order valence-electron chi connectivity index (χ2n) is 4.51. The largest absolute Gasteiger partial charge is 0.380 e. The Morgan fingerprint density at radius 3 is 2.24 bits per heavy atom. The molecule has 1 aliphatic rings. The minimum atomic E-state index is 0.426. The van der Waals surface area contributed by atoms with Gasteiger partial charge in [0.05, 0.1) is 19.3 Å². The SMILES string of the molecule is COCc1ccc(COC2CCNCC2)cc1. The van der Waals surface area contributed by atoms with Gasteiger partial charge in [0.1, 0.15) is 0 Å². The fraction of sp³-hybridized carbons (Fsp3) is 0.571. The van der Waals surface area contributed by atoms with Crippen molar-refractivity contribution in [3.8, 4) is 0 Å². The van der Waals surface area contributed by atoms with E-state index in [-0.39, 0.29) is 0 Å². The summed E-state index contributed by atoms with van der Waals surface area (Å²) in [5, 5.41) is 3.34. The van der Waals surface area contributed by atoms with E-state index in [0.717, 1.165) is 32.5 Å². The molecule has 17 heavy (non-hydrogen) atoms. The Kier molecular flexibility index (Phi) is 4.98. The summed E-state index contributed by atoms with van der Waals surface area (Å²) < 4.78 is 11.0. The number of nitrogens with one attached hydrogen (secondary N) is 1. The maximum Gasteiger partial charge on any atom is 0.0720 e. The van der Waals surface area contributed by atoms with Gasteiger partial charge in [-0.1, -0.05) is 24.3 Å². The average molecular weight is 235 g/mol. The Morgan fingerprint density at radius 1 is 1.06 bits per heavy atom. The van der Waals surface area contributed by atoms with Crippen molar-refractivity contribution < 1.29 is 9.47 Å². The zero-order valence-electron chi connectivity index (χ0n) is 10.4. The summed E-state index contributed by atoms with van der Waals surface area (Å²) in [6, 6.07) is 8.44. The predicted octanol–water partition coefficient (Wildman–Crippen LogP) is 2.10. The molecule has 0 unspecified atom stereocenters. The summed E-state index contributed by atoms with van der Waals surface area (Å²) in [4.78, 5) is 0. The van der Waals surface area contributed by atoms with Crippen LogP contribution in [0.15, 0.2) is 24.3 Å². The number of methoxy groups -OCH3 is 1. The Morgan fingerprint density at radius 2 is 1.65 bits per heavy atom. The van der Waals surface area contributed by atoms with E-state index in [0.29, 0.717) is 12.7 Å². The Labute approximate surface area is 103 Å². The van der Waals surface area contributed by atoms with Crippen molar-refractivity contribution in [2.24, 2.45) is 0 Å². The van der Waals surface area contributed by atoms with Crippen LogP contribution >= 0.6 is 0 Å². The molecule has 1 N–H and O–H groups in total. The zero-order valence-corrected chi connectivity index (χ0v) is 10.4. The van der Waals surface area contributed by atoms with Crippen LogP contribution in [0.25, 0.3) is 0 Å². The van der Waals surface area contributed by atoms with Gasteiger partial charge in [0.15, 0.2) is 0 Å². The molecule has 1 aromatic carbocycles. The van der Waals surface area contributed by atoms with Crippen LogP contribution in [0.5, 0.6) is 0 Å². The molecule has 3 heteroatoms. The topological polar surface area (TPSA) is 30.5 Å². The van der Waals surface area contributed by atoms with Crippen molar-refractivity contribution in [3.63, 3.8) is 0 Å². The molecule has 0 spiro atoms. The molecular formula is C14H21NO2. The second-order valence-corrected chi connectivity index (χ2v) is 4.51. The molecule has 0 radical (unpaired) electrons. The minimum absolute atomic E-state index is 0.426. The van der Waals surface area contributed by atoms with Crippen LogP contribution in [0.3, 0.4) is 0 Å². The molecule has 0 bridgehead atoms. The Balaban J connectivity index is 1.77. The zero-order chi connectivity index (χ0) is 11.9. The van der Waals surface area contributed by atoms with Gasteiger partial charge >= 0.3 is 0 Å². The van der Waals surface area contributed by atoms with Gasteiger partial charge in [-0.3, -0.25) is 0 Å². The number of rotatable bonds is 5. The standard InChI is InChI=1S/C14H21NO2/c1-16-10-12-2-4-13(5-3-12)11-17-14-6-8-15-9-7-14/h2-5,14-15H,6-11H2,1H3. The average Bonchev–Trinajstić information content (AvgIpc) is 2.40. The Bertz CT molecular complexity index is 317. The van der Waals surface area contributed by atoms with Crippen molar-refractivity contribution in [2.45, 2.75) is 32.2 Å². The lowest BCUT2D eigenvalue weighted by Gasteiger charge is -2.23. The van der Waals surface area contributed by atoms with Gasteiger partial charge in [0.25, 0.3) is 0 Å². The van der Waals surface area contributed by atoms with E-state index in [9.17, 15) is 0 Å². The van der Waals surface area contributed by atoms with E-state index in [4.69, 9.17) is 9.47 Å². The fourth-order valence-electron chi connectivity index (χ4n) is 2.07. The molecule has 1 fully saturated rings. The highest BCUT2D eigenvalue weighted by Crippen LogP contribution is 2.12. The van der Waals surface area contributed by atoms with Gasteiger partial charge in [-0.05, 0) is 37.1 Å². The molecule has 1 aliphatic heterocycles. The molecule has 94 valence electrons. The lowest BCUT2D eigenvalue weighted by atomic mass is 10.1. The maximum atomic E-state index is 5.90. The van der Waals surface area contributed by atoms with Crippen LogP contribution in [0.4, 0.5) is 0 Å². The Hall–Kier alpha value is -0.900. The molecule has 1 aromatic rings. The third kappa shape index (κ3) is 4.11. The maximum absolute atomic E-state index is 5.90. The van der Waals surface area contributed by atoms with Gasteiger partial charge in [0, 0.05) is 7.11 Å². The quantitative estimate of drug-likeness (QED) is 0.848. The van der Waals surface area contributed by atoms with Crippen LogP contribution in [0.2, 0.25) is 0 Å². The molecule has 0 saturated carbocycles. The number of ether oxygens (including phenoxy) is 2. The lowest BCUT2D eigenvalue weighted by molar-refractivity contribution is 0.0212. The predicted molar refractivity (Wildman–Crippen MR) is 67.8 cm³/mol. The van der Waals surface area contributed by atoms with Crippen LogP contribution in [0, 0.1) is 0 Å². The molecule has 0 aliphatic carbocycles. The molecular weight excluding hydrogens is 214 g/mol. The number of piperidine rings is 1. The number of hydrogen-bond acceptors (Lipinski definition) is 3. The van der Waals surface area contributed by atoms with Crippen LogP contribution in [-0.2, 0) is 22.7 Å². The van der Waals surface area contributed by atoms with E-state index in [2.05, 4.69) is 29.6 Å². The first-order valence-corrected chi connectivity index (χ1v) is 6.27. The molecule has 2 rings (SSSR count). The smallest absolute Gasteiger partial charge is 0.0720 e. The van der Waals surface area contributed by atoms with Crippen molar-refractivity contribution >= 4 is 0 Å². The van der Waals surface area contributed by atoms with E-state index < -0.39 is 0 Å². The van der Waals surface area contributed by atoms with E-state index >= 15 is 0 Å². The number of hydrogen-bond donors (Lipinski definition) is 1. The summed E-state index contributed by atoms with van der Waals surface area (Å²) in [6.07, 6.45) is 2.68. The third-order valence-corrected chi connectivity index (χ3v) is 3.11. The molecule has 0 atom stereocenters. The summed E-state index contributed by atoms with van der Waals surface area (Å²) in [6.45, 7) is 3.56. The van der Waals surface area contributed by atoms with E-state index in [1.165, 1.54) is 11.1 Å². The molecule has 0 amide bonds. The van der Waals surface area contributed by atoms with Crippen molar-refractivity contribution in [1.29, 1.82) is 0 Å². The van der Waals surface area contributed by atoms with Gasteiger partial charge < -0.3 is 14.8 Å². The highest BCUT2D eigenvalue weighted by molar-refractivity contribution is 5.21. The summed E-state index contributed by atoms with van der Waals surface area (Å²) in [5.74, 6) is 0. The van der Waals surface area contributed by atoms with Crippen molar-refractivity contribution in [1.82, 2.24) is 5.32 Å². The summed E-state index contributed by atoms with van der Waals surface area (Å²) >= 11 is 0. The van der Waals surface area contributed by atoms with Crippen LogP contribution < -0.4 is 5.32 Å². The minimum Gasteiger partial charge on any atom is -0.380 e. The van der Waals surface area contributed by atoms with Crippen molar-refractivity contribution in [2.75, 3.05) is 20.2 Å². The monoisotopic (exact) mass is 235 g/mol. The van der Waals surface area contributed by atoms with Crippen LogP contribution in [0.1, 0.15) is 24.0 Å². The third-order valence-electron chi connectivity index (χ3n) is 3.11. The lowest BCUT2D eigenvalue weighted by Crippen LogP contribution is -2.32. The number of benzene rings is 1. The van der Waals surface area contributed by atoms with Gasteiger partial charge in [-0.25, -0.2) is 0 Å². The molecule has 3 nitrogen and oxygen atoms in total. The molecule has 1 heterocycles. The normalized spacial score (nSPS) is 17.2.